The van der Waals surface area contributed by atoms with Crippen molar-refractivity contribution in [3.05, 3.63) is 137 Å². The van der Waals surface area contributed by atoms with Crippen LogP contribution in [0.15, 0.2) is 108 Å². The van der Waals surface area contributed by atoms with Crippen molar-refractivity contribution in [1.82, 2.24) is 5.01 Å². The molecule has 0 saturated carbocycles. The number of nitrogens with one attached hydrogen (secondary N) is 1. The number of hydrogen-bond donors (Lipinski definition) is 1. The zero-order chi connectivity index (χ0) is 28.0. The van der Waals surface area contributed by atoms with Gasteiger partial charge in [0.05, 0.1) is 17.3 Å². The summed E-state index contributed by atoms with van der Waals surface area (Å²) >= 11 is 0. The van der Waals surface area contributed by atoms with Gasteiger partial charge in [0.1, 0.15) is 0 Å². The van der Waals surface area contributed by atoms with Crippen LogP contribution in [0.3, 0.4) is 0 Å². The van der Waals surface area contributed by atoms with E-state index < -0.39 is 23.8 Å². The Morgan fingerprint density at radius 1 is 0.825 bits per heavy atom. The number of alkyl halides is 3. The summed E-state index contributed by atoms with van der Waals surface area (Å²) in [4.78, 5) is 13.8. The van der Waals surface area contributed by atoms with Crippen LogP contribution in [0.25, 0.3) is 0 Å². The van der Waals surface area contributed by atoms with Gasteiger partial charge in [-0.05, 0) is 52.4 Å². The quantitative estimate of drug-likeness (QED) is 0.277. The molecule has 2 aliphatic rings. The first-order valence-electron chi connectivity index (χ1n) is 13.3. The highest BCUT2D eigenvalue weighted by atomic mass is 19.4. The minimum atomic E-state index is -4.45. The monoisotopic (exact) mass is 539 g/mol. The molecule has 1 N–H and O–H groups in total. The predicted octanol–water partition coefficient (Wildman–Crippen LogP) is 8.58. The van der Waals surface area contributed by atoms with Crippen molar-refractivity contribution in [2.75, 3.05) is 5.32 Å². The van der Waals surface area contributed by atoms with Crippen molar-refractivity contribution in [1.29, 1.82) is 0 Å². The van der Waals surface area contributed by atoms with Crippen molar-refractivity contribution in [3.8, 4) is 0 Å². The summed E-state index contributed by atoms with van der Waals surface area (Å²) in [5, 5.41) is 9.21. The zero-order valence-electron chi connectivity index (χ0n) is 22.1. The van der Waals surface area contributed by atoms with Crippen molar-refractivity contribution in [2.45, 2.75) is 37.9 Å². The molecule has 4 aromatic carbocycles. The Balaban J connectivity index is 1.44. The number of hydrazone groups is 1. The molecule has 202 valence electrons. The number of halogens is 3. The van der Waals surface area contributed by atoms with Gasteiger partial charge in [0.25, 0.3) is 0 Å². The van der Waals surface area contributed by atoms with Gasteiger partial charge in [-0.3, -0.25) is 0 Å². The minimum absolute atomic E-state index is 0.119. The van der Waals surface area contributed by atoms with Gasteiger partial charge in [-0.25, -0.2) is 9.80 Å². The first kappa shape index (κ1) is 25.9. The number of nitrogens with zero attached hydrogens (tertiary/aromatic N) is 2. The summed E-state index contributed by atoms with van der Waals surface area (Å²) in [6.45, 7) is 4.20. The van der Waals surface area contributed by atoms with E-state index in [1.165, 1.54) is 17.1 Å². The number of anilines is 1. The van der Waals surface area contributed by atoms with Crippen LogP contribution in [-0.2, 0) is 6.18 Å². The van der Waals surface area contributed by atoms with Gasteiger partial charge in [-0.2, -0.15) is 18.3 Å². The normalized spacial score (nSPS) is 19.8. The highest BCUT2D eigenvalue weighted by Crippen LogP contribution is 2.53. The SMILES string of the molecule is CC(C)c1ccc(NC(=O)N2N=C3c4ccccc4[C@H](c4ccccc4)[C@H]3[C@@H]2c2ccc(C(F)(F)F)cc2)cc1. The lowest BCUT2D eigenvalue weighted by Crippen LogP contribution is -2.35. The molecule has 1 heterocycles. The molecule has 7 heteroatoms. The maximum absolute atomic E-state index is 13.8. The number of fused-ring (bicyclic) bond motifs is 3. The molecule has 1 aliphatic heterocycles. The number of benzene rings is 4. The van der Waals surface area contributed by atoms with Gasteiger partial charge in [0, 0.05) is 23.1 Å². The molecular weight excluding hydrogens is 511 g/mol. The van der Waals surface area contributed by atoms with E-state index in [1.54, 1.807) is 0 Å². The molecular formula is C33H28F3N3O. The second-order valence-electron chi connectivity index (χ2n) is 10.6. The number of hydrogen-bond acceptors (Lipinski definition) is 2. The number of urea groups is 1. The highest BCUT2D eigenvalue weighted by Gasteiger charge is 2.51. The second kappa shape index (κ2) is 9.97. The predicted molar refractivity (Wildman–Crippen MR) is 150 cm³/mol. The Kier molecular flexibility index (Phi) is 6.45. The number of carbonyl (C=O) groups excluding carboxylic acids is 1. The number of rotatable bonds is 4. The highest BCUT2D eigenvalue weighted by molar-refractivity contribution is 6.10. The van der Waals surface area contributed by atoms with Gasteiger partial charge in [-0.15, -0.1) is 0 Å². The third kappa shape index (κ3) is 4.55. The minimum Gasteiger partial charge on any atom is -0.306 e. The standard InChI is InChI=1S/C33H28F3N3O/c1-20(2)21-14-18-25(19-15-21)37-32(40)39-31(23-12-16-24(17-13-23)33(34,35)36)29-28(22-8-4-3-5-9-22)26-10-6-7-11-27(26)30(29)38-39/h3-20,28-29,31H,1-2H3,(H,37,40)/t28-,29+,31-/m0/s1. The van der Waals surface area contributed by atoms with Crippen LogP contribution in [0.4, 0.5) is 23.7 Å². The van der Waals surface area contributed by atoms with Crippen LogP contribution < -0.4 is 5.32 Å². The van der Waals surface area contributed by atoms with Gasteiger partial charge in [0.15, 0.2) is 0 Å². The Morgan fingerprint density at radius 2 is 1.48 bits per heavy atom. The van der Waals surface area contributed by atoms with Crippen molar-refractivity contribution < 1.29 is 18.0 Å². The summed E-state index contributed by atoms with van der Waals surface area (Å²) in [6, 6.07) is 29.7. The lowest BCUT2D eigenvalue weighted by atomic mass is 9.79. The molecule has 0 bridgehead atoms. The van der Waals surface area contributed by atoms with Crippen LogP contribution in [0, 0.1) is 5.92 Å². The molecule has 4 nitrogen and oxygen atoms in total. The lowest BCUT2D eigenvalue weighted by molar-refractivity contribution is -0.137. The maximum atomic E-state index is 13.8. The second-order valence-corrected chi connectivity index (χ2v) is 10.6. The van der Waals surface area contributed by atoms with Gasteiger partial charge in [0.2, 0.25) is 0 Å². The van der Waals surface area contributed by atoms with Gasteiger partial charge in [-0.1, -0.05) is 92.7 Å². The largest absolute Gasteiger partial charge is 0.416 e. The molecule has 0 fully saturated rings. The molecule has 40 heavy (non-hydrogen) atoms. The van der Waals surface area contributed by atoms with E-state index in [1.807, 2.05) is 72.8 Å². The molecule has 0 unspecified atom stereocenters. The fourth-order valence-corrected chi connectivity index (χ4v) is 5.88. The van der Waals surface area contributed by atoms with E-state index in [0.29, 0.717) is 17.2 Å². The first-order chi connectivity index (χ1) is 19.2. The van der Waals surface area contributed by atoms with Crippen molar-refractivity contribution >= 4 is 17.4 Å². The fourth-order valence-electron chi connectivity index (χ4n) is 5.88. The summed E-state index contributed by atoms with van der Waals surface area (Å²) in [6.07, 6.45) is -4.45. The third-order valence-corrected chi connectivity index (χ3v) is 7.84. The van der Waals surface area contributed by atoms with E-state index in [4.69, 9.17) is 5.10 Å². The van der Waals surface area contributed by atoms with E-state index in [0.717, 1.165) is 40.1 Å². The number of carbonyl (C=O) groups is 1. The Morgan fingerprint density at radius 3 is 2.12 bits per heavy atom. The molecule has 0 saturated heterocycles. The molecule has 1 aliphatic carbocycles. The molecule has 6 rings (SSSR count). The Labute approximate surface area is 231 Å². The van der Waals surface area contributed by atoms with Crippen LogP contribution in [0.2, 0.25) is 0 Å². The Bertz CT molecular complexity index is 1560. The van der Waals surface area contributed by atoms with Crippen LogP contribution in [0.1, 0.15) is 65.1 Å². The molecule has 0 spiro atoms. The molecule has 0 aromatic heterocycles. The average Bonchev–Trinajstić information content (AvgIpc) is 3.48. The summed E-state index contributed by atoms with van der Waals surface area (Å²) in [5.41, 5.74) is 5.51. The molecule has 0 radical (unpaired) electrons. The van der Waals surface area contributed by atoms with Crippen molar-refractivity contribution in [2.24, 2.45) is 11.0 Å². The molecule has 3 atom stereocenters. The zero-order valence-corrected chi connectivity index (χ0v) is 22.1. The van der Waals surface area contributed by atoms with E-state index in [-0.39, 0.29) is 11.8 Å². The van der Waals surface area contributed by atoms with Crippen LogP contribution >= 0.6 is 0 Å². The van der Waals surface area contributed by atoms with E-state index >= 15 is 0 Å². The maximum Gasteiger partial charge on any atom is 0.416 e. The number of amides is 2. The van der Waals surface area contributed by atoms with Gasteiger partial charge < -0.3 is 5.32 Å². The summed E-state index contributed by atoms with van der Waals surface area (Å²) in [7, 11) is 0. The molecule has 2 amide bonds. The van der Waals surface area contributed by atoms with Crippen LogP contribution in [0.5, 0.6) is 0 Å². The smallest absolute Gasteiger partial charge is 0.306 e. The first-order valence-corrected chi connectivity index (χ1v) is 13.3. The summed E-state index contributed by atoms with van der Waals surface area (Å²) < 4.78 is 40.2. The fraction of sp³-hybridized carbons (Fsp3) is 0.212. The lowest BCUT2D eigenvalue weighted by Gasteiger charge is -2.30. The summed E-state index contributed by atoms with van der Waals surface area (Å²) in [5.74, 6) is -0.0367. The molecule has 4 aromatic rings. The van der Waals surface area contributed by atoms with E-state index in [2.05, 4.69) is 25.2 Å². The van der Waals surface area contributed by atoms with Crippen LogP contribution in [-0.4, -0.2) is 16.8 Å². The van der Waals surface area contributed by atoms with Crippen molar-refractivity contribution in [3.63, 3.8) is 0 Å². The topological polar surface area (TPSA) is 44.7 Å². The van der Waals surface area contributed by atoms with Gasteiger partial charge >= 0.3 is 12.2 Å². The Hall–Kier alpha value is -4.39. The third-order valence-electron chi connectivity index (χ3n) is 7.84. The van der Waals surface area contributed by atoms with E-state index in [9.17, 15) is 18.0 Å². The average molecular weight is 540 g/mol.